The molecule has 6 heteroatoms. The molecular formula is C14H19F2NO3. The fourth-order valence-electron chi connectivity index (χ4n) is 1.84. The van der Waals surface area contributed by atoms with Crippen LogP contribution in [0.3, 0.4) is 0 Å². The number of methoxy groups -OCH3 is 1. The van der Waals surface area contributed by atoms with E-state index in [-0.39, 0.29) is 12.4 Å². The summed E-state index contributed by atoms with van der Waals surface area (Å²) in [4.78, 5) is 11.7. The molecule has 1 atom stereocenters. The predicted molar refractivity (Wildman–Crippen MR) is 70.6 cm³/mol. The van der Waals surface area contributed by atoms with Gasteiger partial charge in [-0.1, -0.05) is 6.92 Å². The molecule has 0 aliphatic heterocycles. The lowest BCUT2D eigenvalue weighted by molar-refractivity contribution is -0.148. The van der Waals surface area contributed by atoms with Crippen LogP contribution in [0.15, 0.2) is 18.2 Å². The van der Waals surface area contributed by atoms with Gasteiger partial charge in [-0.15, -0.1) is 0 Å². The number of hydrogen-bond donors (Lipinski definition) is 1. The van der Waals surface area contributed by atoms with Gasteiger partial charge in [-0.25, -0.2) is 8.78 Å². The maximum Gasteiger partial charge on any atom is 0.325 e. The Bertz CT molecular complexity index is 468. The van der Waals surface area contributed by atoms with Crippen molar-refractivity contribution in [3.8, 4) is 5.75 Å². The van der Waals surface area contributed by atoms with E-state index in [4.69, 9.17) is 9.47 Å². The Morgan fingerprint density at radius 2 is 2.10 bits per heavy atom. The highest BCUT2D eigenvalue weighted by molar-refractivity contribution is 5.80. The van der Waals surface area contributed by atoms with Crippen molar-refractivity contribution in [1.82, 2.24) is 5.32 Å². The number of likely N-dealkylation sites (N-methyl/N-ethyl adjacent to an activating group) is 1. The Morgan fingerprint density at radius 1 is 1.40 bits per heavy atom. The SMILES string of the molecule is CCNC(C)(CCOc1ccc(F)cc1F)C(=O)OC. The zero-order chi connectivity index (χ0) is 15.2. The average Bonchev–Trinajstić information content (AvgIpc) is 2.40. The van der Waals surface area contributed by atoms with Crippen LogP contribution in [-0.2, 0) is 9.53 Å². The summed E-state index contributed by atoms with van der Waals surface area (Å²) in [6, 6.07) is 3.08. The highest BCUT2D eigenvalue weighted by Crippen LogP contribution is 2.19. The summed E-state index contributed by atoms with van der Waals surface area (Å²) in [6.07, 6.45) is 0.296. The van der Waals surface area contributed by atoms with Gasteiger partial charge in [0.15, 0.2) is 11.6 Å². The number of nitrogens with one attached hydrogen (secondary N) is 1. The lowest BCUT2D eigenvalue weighted by atomic mass is 9.98. The van der Waals surface area contributed by atoms with Crippen LogP contribution in [0, 0.1) is 11.6 Å². The number of carbonyl (C=O) groups excluding carboxylic acids is 1. The molecule has 1 N–H and O–H groups in total. The molecule has 0 bridgehead atoms. The van der Waals surface area contributed by atoms with Crippen LogP contribution in [0.2, 0.25) is 0 Å². The van der Waals surface area contributed by atoms with Crippen molar-refractivity contribution >= 4 is 5.97 Å². The summed E-state index contributed by atoms with van der Waals surface area (Å²) in [7, 11) is 1.30. The Hall–Kier alpha value is -1.69. The van der Waals surface area contributed by atoms with Gasteiger partial charge in [0.1, 0.15) is 11.4 Å². The molecule has 0 saturated carbocycles. The van der Waals surface area contributed by atoms with Crippen molar-refractivity contribution in [3.05, 3.63) is 29.8 Å². The Balaban J connectivity index is 2.62. The number of rotatable bonds is 7. The maximum absolute atomic E-state index is 13.4. The van der Waals surface area contributed by atoms with Crippen molar-refractivity contribution in [2.45, 2.75) is 25.8 Å². The van der Waals surface area contributed by atoms with Crippen molar-refractivity contribution in [2.24, 2.45) is 0 Å². The minimum Gasteiger partial charge on any atom is -0.490 e. The number of hydrogen-bond acceptors (Lipinski definition) is 4. The van der Waals surface area contributed by atoms with E-state index >= 15 is 0 Å². The smallest absolute Gasteiger partial charge is 0.325 e. The van der Waals surface area contributed by atoms with Crippen molar-refractivity contribution in [1.29, 1.82) is 0 Å². The normalized spacial score (nSPS) is 13.7. The van der Waals surface area contributed by atoms with E-state index < -0.39 is 23.1 Å². The lowest BCUT2D eigenvalue weighted by Crippen LogP contribution is -2.51. The molecule has 1 unspecified atom stereocenters. The minimum atomic E-state index is -0.903. The molecule has 1 aromatic rings. The molecule has 1 rings (SSSR count). The molecule has 20 heavy (non-hydrogen) atoms. The van der Waals surface area contributed by atoms with Crippen LogP contribution in [0.25, 0.3) is 0 Å². The van der Waals surface area contributed by atoms with Crippen LogP contribution in [0.5, 0.6) is 5.75 Å². The number of esters is 1. The van der Waals surface area contributed by atoms with Crippen LogP contribution in [0.1, 0.15) is 20.3 Å². The third kappa shape index (κ3) is 4.16. The first-order chi connectivity index (χ1) is 9.42. The molecular weight excluding hydrogens is 268 g/mol. The highest BCUT2D eigenvalue weighted by Gasteiger charge is 2.33. The molecule has 0 heterocycles. The topological polar surface area (TPSA) is 47.6 Å². The number of carbonyl (C=O) groups is 1. The fourth-order valence-corrected chi connectivity index (χ4v) is 1.84. The summed E-state index contributed by atoms with van der Waals surface area (Å²) < 4.78 is 36.1. The first kappa shape index (κ1) is 16.4. The van der Waals surface area contributed by atoms with E-state index in [1.807, 2.05) is 6.92 Å². The van der Waals surface area contributed by atoms with Gasteiger partial charge in [-0.3, -0.25) is 4.79 Å². The first-order valence-corrected chi connectivity index (χ1v) is 6.34. The molecule has 1 aromatic carbocycles. The summed E-state index contributed by atoms with van der Waals surface area (Å²) in [5, 5.41) is 3.01. The van der Waals surface area contributed by atoms with E-state index in [9.17, 15) is 13.6 Å². The molecule has 0 fully saturated rings. The standard InChI is InChI=1S/C14H19F2NO3/c1-4-17-14(2,13(18)19-3)7-8-20-12-6-5-10(15)9-11(12)16/h5-6,9,17H,4,7-8H2,1-3H3. The summed E-state index contributed by atoms with van der Waals surface area (Å²) >= 11 is 0. The van der Waals surface area contributed by atoms with Gasteiger partial charge in [0.25, 0.3) is 0 Å². The Kier molecular flexibility index (Phi) is 5.88. The summed E-state index contributed by atoms with van der Waals surface area (Å²) in [5.41, 5.74) is -0.903. The third-order valence-electron chi connectivity index (χ3n) is 2.96. The van der Waals surface area contributed by atoms with Crippen LogP contribution >= 0.6 is 0 Å². The van der Waals surface area contributed by atoms with E-state index in [2.05, 4.69) is 5.32 Å². The number of halogens is 2. The van der Waals surface area contributed by atoms with E-state index in [0.29, 0.717) is 13.0 Å². The zero-order valence-corrected chi connectivity index (χ0v) is 11.8. The summed E-state index contributed by atoms with van der Waals surface area (Å²) in [5.74, 6) is -1.90. The van der Waals surface area contributed by atoms with Gasteiger partial charge < -0.3 is 14.8 Å². The van der Waals surface area contributed by atoms with Gasteiger partial charge >= 0.3 is 5.97 Å². The monoisotopic (exact) mass is 287 g/mol. The minimum absolute atomic E-state index is 0.0462. The van der Waals surface area contributed by atoms with Crippen LogP contribution in [0.4, 0.5) is 8.78 Å². The predicted octanol–water partition coefficient (Wildman–Crippen LogP) is 2.27. The number of ether oxygens (including phenoxy) is 2. The molecule has 0 aromatic heterocycles. The van der Waals surface area contributed by atoms with E-state index in [0.717, 1.165) is 12.1 Å². The Labute approximate surface area is 117 Å². The molecule has 4 nitrogen and oxygen atoms in total. The van der Waals surface area contributed by atoms with Crippen molar-refractivity contribution in [2.75, 3.05) is 20.3 Å². The molecule has 0 aliphatic rings. The zero-order valence-electron chi connectivity index (χ0n) is 11.8. The van der Waals surface area contributed by atoms with Gasteiger partial charge in [0.2, 0.25) is 0 Å². The molecule has 0 spiro atoms. The van der Waals surface area contributed by atoms with Gasteiger partial charge in [0, 0.05) is 12.5 Å². The second-order valence-corrected chi connectivity index (χ2v) is 4.53. The van der Waals surface area contributed by atoms with E-state index in [1.165, 1.54) is 13.2 Å². The van der Waals surface area contributed by atoms with Gasteiger partial charge in [0.05, 0.1) is 13.7 Å². The average molecular weight is 287 g/mol. The maximum atomic E-state index is 13.4. The highest BCUT2D eigenvalue weighted by atomic mass is 19.1. The Morgan fingerprint density at radius 3 is 2.65 bits per heavy atom. The summed E-state index contributed by atoms with van der Waals surface area (Å²) in [6.45, 7) is 4.23. The largest absolute Gasteiger partial charge is 0.490 e. The molecule has 0 aliphatic carbocycles. The van der Waals surface area contributed by atoms with Gasteiger partial charge in [-0.2, -0.15) is 0 Å². The molecule has 0 radical (unpaired) electrons. The molecule has 0 amide bonds. The fraction of sp³-hybridized carbons (Fsp3) is 0.500. The number of benzene rings is 1. The van der Waals surface area contributed by atoms with E-state index in [1.54, 1.807) is 6.92 Å². The molecule has 0 saturated heterocycles. The van der Waals surface area contributed by atoms with Crippen LogP contribution < -0.4 is 10.1 Å². The second-order valence-electron chi connectivity index (χ2n) is 4.53. The first-order valence-electron chi connectivity index (χ1n) is 6.34. The second kappa shape index (κ2) is 7.19. The van der Waals surface area contributed by atoms with Crippen LogP contribution in [-0.4, -0.2) is 31.8 Å². The van der Waals surface area contributed by atoms with Crippen molar-refractivity contribution in [3.63, 3.8) is 0 Å². The lowest BCUT2D eigenvalue weighted by Gasteiger charge is -2.27. The van der Waals surface area contributed by atoms with Crippen molar-refractivity contribution < 1.29 is 23.0 Å². The third-order valence-corrected chi connectivity index (χ3v) is 2.96. The molecule has 112 valence electrons. The van der Waals surface area contributed by atoms with Gasteiger partial charge in [-0.05, 0) is 25.6 Å². The quantitative estimate of drug-likeness (QED) is 0.782.